The summed E-state index contributed by atoms with van der Waals surface area (Å²) in [5, 5.41) is 12.5. The Labute approximate surface area is 212 Å². The molecular formula is C28H36N4O4. The van der Waals surface area contributed by atoms with Crippen molar-refractivity contribution < 1.29 is 19.4 Å². The highest BCUT2D eigenvalue weighted by molar-refractivity contribution is 5.85. The molecule has 0 aliphatic carbocycles. The van der Waals surface area contributed by atoms with E-state index in [1.807, 2.05) is 46.2 Å². The molecule has 2 aromatic carbocycles. The molecular weight excluding hydrogens is 456 g/mol. The fourth-order valence-electron chi connectivity index (χ4n) is 5.73. The van der Waals surface area contributed by atoms with Gasteiger partial charge in [-0.05, 0) is 29.5 Å². The van der Waals surface area contributed by atoms with E-state index in [2.05, 4.69) is 28.4 Å². The standard InChI is InChI=1S/C28H36N4O4/c33-19-18-30-14-16-32(17-15-30)27(35)26(22-6-2-1-3-7-22)29-20-25(34)31-12-10-28(11-13-31)24-9-5-4-8-23(24)21-36-28/h1-9,26,29,33H,10-21H2/t26-/m1/s1. The quantitative estimate of drug-likeness (QED) is 0.610. The summed E-state index contributed by atoms with van der Waals surface area (Å²) in [6.07, 6.45) is 1.57. The van der Waals surface area contributed by atoms with Gasteiger partial charge >= 0.3 is 0 Å². The summed E-state index contributed by atoms with van der Waals surface area (Å²) >= 11 is 0. The molecule has 36 heavy (non-hydrogen) atoms. The molecule has 1 spiro atoms. The Morgan fingerprint density at radius 3 is 2.33 bits per heavy atom. The SMILES string of the molecule is O=C(CN[C@@H](C(=O)N1CCN(CCO)CC1)c1ccccc1)N1CCC2(CC1)OCc1ccccc12. The van der Waals surface area contributed by atoms with Crippen LogP contribution in [0.1, 0.15) is 35.6 Å². The molecule has 0 unspecified atom stereocenters. The molecule has 0 aromatic heterocycles. The third-order valence-electron chi connectivity index (χ3n) is 7.87. The number of hydrogen-bond donors (Lipinski definition) is 2. The van der Waals surface area contributed by atoms with E-state index in [0.29, 0.717) is 39.3 Å². The van der Waals surface area contributed by atoms with E-state index < -0.39 is 6.04 Å². The molecule has 3 aliphatic heterocycles. The fourth-order valence-corrected chi connectivity index (χ4v) is 5.73. The maximum atomic E-state index is 13.5. The molecule has 1 atom stereocenters. The van der Waals surface area contributed by atoms with Crippen LogP contribution in [0.5, 0.6) is 0 Å². The smallest absolute Gasteiger partial charge is 0.244 e. The summed E-state index contributed by atoms with van der Waals surface area (Å²) in [5.74, 6) is 0.00355. The highest BCUT2D eigenvalue weighted by Crippen LogP contribution is 2.43. The van der Waals surface area contributed by atoms with Crippen molar-refractivity contribution >= 4 is 11.8 Å². The maximum absolute atomic E-state index is 13.5. The zero-order valence-corrected chi connectivity index (χ0v) is 20.8. The molecule has 0 radical (unpaired) electrons. The molecule has 3 heterocycles. The molecule has 2 N–H and O–H groups in total. The minimum atomic E-state index is -0.569. The molecule has 192 valence electrons. The van der Waals surface area contributed by atoms with Crippen LogP contribution in [-0.4, -0.2) is 90.6 Å². The number of nitrogens with zero attached hydrogens (tertiary/aromatic N) is 3. The second kappa shape index (κ2) is 11.1. The number of fused-ring (bicyclic) bond motifs is 2. The lowest BCUT2D eigenvalue weighted by Gasteiger charge is -2.39. The Bertz CT molecular complexity index is 1050. The number of carbonyl (C=O) groups excluding carboxylic acids is 2. The van der Waals surface area contributed by atoms with Crippen LogP contribution in [0.25, 0.3) is 0 Å². The molecule has 2 aromatic rings. The lowest BCUT2D eigenvalue weighted by Crippen LogP contribution is -2.53. The van der Waals surface area contributed by atoms with Crippen LogP contribution in [0.2, 0.25) is 0 Å². The summed E-state index contributed by atoms with van der Waals surface area (Å²) in [6.45, 7) is 5.52. The number of β-amino-alcohol motifs (C(OH)–C–C–N with tert-alkyl or cyclic N) is 1. The maximum Gasteiger partial charge on any atom is 0.244 e. The zero-order valence-electron chi connectivity index (χ0n) is 20.8. The minimum Gasteiger partial charge on any atom is -0.395 e. The average Bonchev–Trinajstić information content (AvgIpc) is 3.28. The van der Waals surface area contributed by atoms with Crippen molar-refractivity contribution in [1.29, 1.82) is 0 Å². The molecule has 5 rings (SSSR count). The van der Waals surface area contributed by atoms with Crippen LogP contribution in [0.4, 0.5) is 0 Å². The number of piperidine rings is 1. The Morgan fingerprint density at radius 2 is 1.61 bits per heavy atom. The van der Waals surface area contributed by atoms with Gasteiger partial charge in [0.25, 0.3) is 0 Å². The predicted molar refractivity (Wildman–Crippen MR) is 136 cm³/mol. The van der Waals surface area contributed by atoms with Gasteiger partial charge in [0.05, 0.1) is 25.4 Å². The first kappa shape index (κ1) is 24.9. The van der Waals surface area contributed by atoms with Crippen molar-refractivity contribution in [3.8, 4) is 0 Å². The summed E-state index contributed by atoms with van der Waals surface area (Å²) in [6, 6.07) is 17.4. The summed E-state index contributed by atoms with van der Waals surface area (Å²) in [5.41, 5.74) is 3.10. The molecule has 2 saturated heterocycles. The van der Waals surface area contributed by atoms with E-state index in [9.17, 15) is 14.7 Å². The monoisotopic (exact) mass is 492 g/mol. The van der Waals surface area contributed by atoms with Gasteiger partial charge in [-0.15, -0.1) is 0 Å². The van der Waals surface area contributed by atoms with Crippen molar-refractivity contribution in [2.75, 3.05) is 59.0 Å². The summed E-state index contributed by atoms with van der Waals surface area (Å²) in [4.78, 5) is 32.6. The van der Waals surface area contributed by atoms with E-state index in [1.54, 1.807) is 0 Å². The van der Waals surface area contributed by atoms with Gasteiger partial charge in [-0.2, -0.15) is 0 Å². The topological polar surface area (TPSA) is 85.4 Å². The molecule has 0 bridgehead atoms. The second-order valence-corrected chi connectivity index (χ2v) is 9.94. The first-order valence-electron chi connectivity index (χ1n) is 13.0. The zero-order chi connectivity index (χ0) is 25.0. The van der Waals surface area contributed by atoms with Crippen molar-refractivity contribution in [3.63, 3.8) is 0 Å². The van der Waals surface area contributed by atoms with Gasteiger partial charge in [0.1, 0.15) is 6.04 Å². The molecule has 0 saturated carbocycles. The first-order chi connectivity index (χ1) is 17.6. The number of hydrogen-bond acceptors (Lipinski definition) is 6. The number of benzene rings is 2. The number of likely N-dealkylation sites (tertiary alicyclic amines) is 1. The van der Waals surface area contributed by atoms with Crippen molar-refractivity contribution in [2.24, 2.45) is 0 Å². The van der Waals surface area contributed by atoms with E-state index in [0.717, 1.165) is 31.5 Å². The van der Waals surface area contributed by atoms with Gasteiger partial charge in [0.15, 0.2) is 0 Å². The number of ether oxygens (including phenoxy) is 1. The lowest BCUT2D eigenvalue weighted by molar-refractivity contribution is -0.138. The molecule has 2 amide bonds. The summed E-state index contributed by atoms with van der Waals surface area (Å²) in [7, 11) is 0. The van der Waals surface area contributed by atoms with Crippen LogP contribution in [0.15, 0.2) is 54.6 Å². The van der Waals surface area contributed by atoms with Crippen LogP contribution in [0.3, 0.4) is 0 Å². The van der Waals surface area contributed by atoms with Crippen LogP contribution in [0, 0.1) is 0 Å². The first-order valence-corrected chi connectivity index (χ1v) is 13.0. The van der Waals surface area contributed by atoms with Gasteiger partial charge in [-0.1, -0.05) is 54.6 Å². The van der Waals surface area contributed by atoms with E-state index in [4.69, 9.17) is 4.74 Å². The highest BCUT2D eigenvalue weighted by atomic mass is 16.5. The van der Waals surface area contributed by atoms with Gasteiger partial charge in [-0.3, -0.25) is 19.8 Å². The molecule has 8 heteroatoms. The Balaban J connectivity index is 1.19. The lowest BCUT2D eigenvalue weighted by atomic mass is 9.84. The average molecular weight is 493 g/mol. The minimum absolute atomic E-state index is 0.00814. The van der Waals surface area contributed by atoms with E-state index >= 15 is 0 Å². The van der Waals surface area contributed by atoms with Crippen molar-refractivity contribution in [2.45, 2.75) is 31.1 Å². The Hall–Kier alpha value is -2.78. The largest absolute Gasteiger partial charge is 0.395 e. The van der Waals surface area contributed by atoms with Gasteiger partial charge in [0, 0.05) is 45.8 Å². The molecule has 3 aliphatic rings. The second-order valence-electron chi connectivity index (χ2n) is 9.94. The number of piperazine rings is 1. The van der Waals surface area contributed by atoms with Gasteiger partial charge < -0.3 is 19.6 Å². The van der Waals surface area contributed by atoms with Crippen LogP contribution >= 0.6 is 0 Å². The Kier molecular flexibility index (Phi) is 7.67. The van der Waals surface area contributed by atoms with Crippen LogP contribution < -0.4 is 5.32 Å². The van der Waals surface area contributed by atoms with Crippen LogP contribution in [-0.2, 0) is 26.5 Å². The van der Waals surface area contributed by atoms with Crippen molar-refractivity contribution in [1.82, 2.24) is 20.0 Å². The van der Waals surface area contributed by atoms with E-state index in [1.165, 1.54) is 11.1 Å². The number of amides is 2. The fraction of sp³-hybridized carbons (Fsp3) is 0.500. The van der Waals surface area contributed by atoms with Crippen molar-refractivity contribution in [3.05, 3.63) is 71.3 Å². The van der Waals surface area contributed by atoms with Gasteiger partial charge in [-0.25, -0.2) is 0 Å². The predicted octanol–water partition coefficient (Wildman–Crippen LogP) is 1.50. The number of aliphatic hydroxyl groups excluding tert-OH is 1. The molecule has 8 nitrogen and oxygen atoms in total. The normalized spacial score (nSPS) is 20.4. The molecule has 2 fully saturated rings. The van der Waals surface area contributed by atoms with E-state index in [-0.39, 0.29) is 30.6 Å². The third-order valence-corrected chi connectivity index (χ3v) is 7.87. The number of aliphatic hydroxyl groups is 1. The van der Waals surface area contributed by atoms with Gasteiger partial charge in [0.2, 0.25) is 11.8 Å². The Morgan fingerprint density at radius 1 is 0.917 bits per heavy atom. The number of nitrogens with one attached hydrogen (secondary N) is 1. The summed E-state index contributed by atoms with van der Waals surface area (Å²) < 4.78 is 6.24. The highest BCUT2D eigenvalue weighted by Gasteiger charge is 2.43. The number of rotatable bonds is 7. The number of carbonyl (C=O) groups is 2. The third kappa shape index (κ3) is 5.18.